The Kier molecular flexibility index (Phi) is 73.0. The van der Waals surface area contributed by atoms with Crippen LogP contribution in [0.4, 0.5) is 0 Å². The summed E-state index contributed by atoms with van der Waals surface area (Å²) in [4.78, 5) is 0. The molecule has 22 valence electrons. The van der Waals surface area contributed by atoms with Crippen molar-refractivity contribution in [2.75, 3.05) is 0 Å². The molecule has 0 bridgehead atoms. The Labute approximate surface area is 80.4 Å². The predicted octanol–water partition coefficient (Wildman–Crippen LogP) is -0.576. The second-order valence-corrected chi connectivity index (χ2v) is 0. The second kappa shape index (κ2) is 18.1. The van der Waals surface area contributed by atoms with Crippen LogP contribution in [-0.2, 0) is 0 Å². The summed E-state index contributed by atoms with van der Waals surface area (Å²) in [6, 6.07) is 0. The van der Waals surface area contributed by atoms with Crippen LogP contribution in [0.1, 0.15) is 5.71 Å². The number of nitrogens with two attached hydrogens (primary N) is 1. The largest absolute Gasteiger partial charge is 2.00 e. The molecule has 0 saturated carbocycles. The van der Waals surface area contributed by atoms with Crippen molar-refractivity contribution in [1.82, 2.24) is 0 Å². The predicted molar refractivity (Wildman–Crippen MR) is 29.9 cm³/mol. The molecule has 1 nitrogen and oxygen atoms in total. The summed E-state index contributed by atoms with van der Waals surface area (Å²) in [5, 5.41) is 0. The van der Waals surface area contributed by atoms with Crippen molar-refractivity contribution in [3.63, 3.8) is 0 Å². The van der Waals surface area contributed by atoms with Crippen LogP contribution in [0.15, 0.2) is 0 Å². The third-order valence-corrected chi connectivity index (χ3v) is 0. The molecule has 2 N–H and O–H groups in total. The van der Waals surface area contributed by atoms with Gasteiger partial charge in [-0.1, -0.05) is 9.39 Å². The van der Waals surface area contributed by atoms with Gasteiger partial charge >= 0.3 is 60.8 Å². The van der Waals surface area contributed by atoms with Crippen LogP contribution >= 0.6 is 9.39 Å². The summed E-state index contributed by atoms with van der Waals surface area (Å²) in [6.45, 7) is 0. The van der Waals surface area contributed by atoms with Crippen LogP contribution < -0.4 is 5.50 Å². The Morgan fingerprint density at radius 1 is 1.50 bits per heavy atom. The first-order valence-corrected chi connectivity index (χ1v) is 1.00. The van der Waals surface area contributed by atoms with Crippen LogP contribution in [0, 0.1) is 0 Å². The fourth-order valence-corrected chi connectivity index (χ4v) is 0. The average Bonchev–Trinajstić information content (AvgIpc) is 1.00. The van der Waals surface area contributed by atoms with E-state index in [1.807, 2.05) is 9.39 Å². The first-order chi connectivity index (χ1) is 1.00. The van der Waals surface area contributed by atoms with Gasteiger partial charge in [0.2, 0.25) is 0 Å². The molecule has 4 heavy (non-hydrogen) atoms. The van der Waals surface area contributed by atoms with Crippen molar-refractivity contribution in [3.05, 3.63) is 0 Å². The van der Waals surface area contributed by atoms with E-state index in [1.165, 1.54) is 0 Å². The molecule has 4 heteroatoms. The average molecular weight is 117 g/mol. The zero-order valence-corrected chi connectivity index (χ0v) is 7.35. The van der Waals surface area contributed by atoms with E-state index in [0.717, 1.165) is 0 Å². The van der Waals surface area contributed by atoms with Crippen molar-refractivity contribution < 1.29 is 5.71 Å². The first kappa shape index (κ1) is 16.1. The van der Waals surface area contributed by atoms with Gasteiger partial charge in [0.25, 0.3) is 0 Å². The fourth-order valence-electron chi connectivity index (χ4n) is 0. The van der Waals surface area contributed by atoms with E-state index in [-0.39, 0.29) is 66.5 Å². The van der Waals surface area contributed by atoms with Gasteiger partial charge in [-0.05, 0) is 0 Å². The topological polar surface area (TPSA) is 26.0 Å². The van der Waals surface area contributed by atoms with Gasteiger partial charge in [-0.15, -0.1) is 0 Å². The molecule has 0 aliphatic carbocycles. The maximum absolute atomic E-state index is 4.42. The van der Waals surface area contributed by atoms with Gasteiger partial charge in [0, 0.05) is 0 Å². The quantitative estimate of drug-likeness (QED) is 0.334. The van der Waals surface area contributed by atoms with Crippen LogP contribution in [0.25, 0.3) is 0 Å². The standard InChI is InChI=1S/Ca.Mg.H4NP.4H/c;;1-2;;;;/h;;1-2H2;;;;/q2*+2;;4*-1. The molecular formula is H8CaMgNP. The third kappa shape index (κ3) is 8.83. The van der Waals surface area contributed by atoms with E-state index in [2.05, 4.69) is 5.50 Å². The van der Waals surface area contributed by atoms with E-state index >= 15 is 0 Å². The second-order valence-electron chi connectivity index (χ2n) is 0. The van der Waals surface area contributed by atoms with Crippen LogP contribution in [0.5, 0.6) is 0 Å². The molecule has 0 rings (SSSR count). The smallest absolute Gasteiger partial charge is 1.00 e. The van der Waals surface area contributed by atoms with Crippen LogP contribution in [0.2, 0.25) is 0 Å². The van der Waals surface area contributed by atoms with E-state index in [0.29, 0.717) is 0 Å². The Morgan fingerprint density at radius 2 is 1.50 bits per heavy atom. The molecule has 0 aliphatic rings. The summed E-state index contributed by atoms with van der Waals surface area (Å²) in [5.41, 5.74) is 4.42. The Hall–Kier alpha value is 2.42. The van der Waals surface area contributed by atoms with Gasteiger partial charge in [0.15, 0.2) is 0 Å². The first-order valence-electron chi connectivity index (χ1n) is 0.333. The number of hydrogen-bond acceptors (Lipinski definition) is 1. The molecule has 0 aromatic carbocycles. The third-order valence-electron chi connectivity index (χ3n) is 0. The number of rotatable bonds is 0. The normalized spacial score (nSPS) is 1.50. The minimum Gasteiger partial charge on any atom is -1.00 e. The van der Waals surface area contributed by atoms with Gasteiger partial charge in [-0.2, -0.15) is 0 Å². The maximum Gasteiger partial charge on any atom is 2.00 e. The van der Waals surface area contributed by atoms with E-state index in [4.69, 9.17) is 0 Å². The van der Waals surface area contributed by atoms with Crippen molar-refractivity contribution in [2.24, 2.45) is 5.50 Å². The summed E-state index contributed by atoms with van der Waals surface area (Å²) in [5.74, 6) is 0. The summed E-state index contributed by atoms with van der Waals surface area (Å²) >= 11 is 0. The molecule has 1 unspecified atom stereocenters. The van der Waals surface area contributed by atoms with Crippen molar-refractivity contribution >= 4 is 70.2 Å². The molecule has 0 aliphatic heterocycles. The summed E-state index contributed by atoms with van der Waals surface area (Å²) in [6.07, 6.45) is 0. The van der Waals surface area contributed by atoms with Crippen molar-refractivity contribution in [3.8, 4) is 0 Å². The number of hydrogen-bond donors (Lipinski definition) is 1. The van der Waals surface area contributed by atoms with Crippen LogP contribution in [-0.4, -0.2) is 60.8 Å². The molecule has 0 aromatic rings. The van der Waals surface area contributed by atoms with Crippen molar-refractivity contribution in [1.29, 1.82) is 0 Å². The van der Waals surface area contributed by atoms with Gasteiger partial charge < -0.3 is 11.2 Å². The van der Waals surface area contributed by atoms with Crippen molar-refractivity contribution in [2.45, 2.75) is 0 Å². The minimum absolute atomic E-state index is 0. The Morgan fingerprint density at radius 3 is 1.50 bits per heavy atom. The maximum atomic E-state index is 4.42. The minimum atomic E-state index is 0. The molecule has 0 heterocycles. The van der Waals surface area contributed by atoms with E-state index in [9.17, 15) is 0 Å². The molecule has 0 fully saturated rings. The van der Waals surface area contributed by atoms with E-state index < -0.39 is 0 Å². The van der Waals surface area contributed by atoms with Gasteiger partial charge in [0.05, 0.1) is 0 Å². The zero-order valence-electron chi connectivity index (χ0n) is 6.57. The van der Waals surface area contributed by atoms with Gasteiger partial charge in [-0.3, -0.25) is 0 Å². The van der Waals surface area contributed by atoms with Crippen LogP contribution in [0.3, 0.4) is 0 Å². The SMILES string of the molecule is NP.[Ca+2].[H-].[H-].[H-].[H-].[Mg+2]. The molecule has 0 spiro atoms. The molecule has 1 atom stereocenters. The molecule has 0 aromatic heterocycles. The fraction of sp³-hybridized carbons (Fsp3) is 0. The Bertz CT molecular complexity index is 16.0. The summed E-state index contributed by atoms with van der Waals surface area (Å²) < 4.78 is 0. The van der Waals surface area contributed by atoms with Gasteiger partial charge in [0.1, 0.15) is 0 Å². The molecule has 0 saturated heterocycles. The molecule has 0 amide bonds. The Balaban J connectivity index is -0.000000000333. The zero-order chi connectivity index (χ0) is 2.00. The van der Waals surface area contributed by atoms with E-state index in [1.54, 1.807) is 0 Å². The summed E-state index contributed by atoms with van der Waals surface area (Å²) in [7, 11) is 1.92. The van der Waals surface area contributed by atoms with Gasteiger partial charge in [-0.25, -0.2) is 0 Å². The molecule has 0 radical (unpaired) electrons. The molecular weight excluding hydrogens is 109 g/mol. The monoisotopic (exact) mass is 117 g/mol.